The van der Waals surface area contributed by atoms with Crippen molar-refractivity contribution < 1.29 is 13.2 Å². The number of nitrogens with one attached hydrogen (secondary N) is 1. The van der Waals surface area contributed by atoms with Crippen molar-refractivity contribution in [2.24, 2.45) is 7.05 Å². The largest absolute Gasteiger partial charge is 0.312 e. The molecule has 1 aliphatic rings. The van der Waals surface area contributed by atoms with E-state index < -0.39 is 10.0 Å². The number of hydrogen-bond donors (Lipinski definition) is 1. The minimum atomic E-state index is -3.86. The third-order valence-corrected chi connectivity index (χ3v) is 7.80. The molecule has 0 atom stereocenters. The van der Waals surface area contributed by atoms with Crippen LogP contribution in [0, 0.1) is 0 Å². The SMILES string of the molecule is Cn1cc(-c2cnc3ccc(-c4cncc(NS(=O)(=O)c5ccc(N6CCCC6=O)cc5)c4)cc3n2)cn1. The summed E-state index contributed by atoms with van der Waals surface area (Å²) in [7, 11) is -2.02. The average Bonchev–Trinajstić information content (AvgIpc) is 3.56. The molecule has 190 valence electrons. The second-order valence-electron chi connectivity index (χ2n) is 9.07. The zero-order chi connectivity index (χ0) is 26.3. The molecular formula is C27H23N7O3S. The highest BCUT2D eigenvalue weighted by Gasteiger charge is 2.22. The van der Waals surface area contributed by atoms with E-state index in [0.29, 0.717) is 35.6 Å². The number of pyridine rings is 1. The van der Waals surface area contributed by atoms with Crippen molar-refractivity contribution in [1.82, 2.24) is 24.7 Å². The molecule has 5 aromatic rings. The monoisotopic (exact) mass is 525 g/mol. The van der Waals surface area contributed by atoms with Crippen LogP contribution in [-0.2, 0) is 21.9 Å². The van der Waals surface area contributed by atoms with E-state index in [4.69, 9.17) is 4.98 Å². The lowest BCUT2D eigenvalue weighted by molar-refractivity contribution is -0.117. The van der Waals surface area contributed by atoms with Crippen molar-refractivity contribution in [3.63, 3.8) is 0 Å². The summed E-state index contributed by atoms with van der Waals surface area (Å²) in [6, 6.07) is 13.7. The van der Waals surface area contributed by atoms with Gasteiger partial charge in [0.05, 0.1) is 45.9 Å². The fourth-order valence-corrected chi connectivity index (χ4v) is 5.51. The minimum Gasteiger partial charge on any atom is -0.312 e. The van der Waals surface area contributed by atoms with Crippen LogP contribution >= 0.6 is 0 Å². The van der Waals surface area contributed by atoms with Gasteiger partial charge in [0.25, 0.3) is 10.0 Å². The second kappa shape index (κ2) is 9.34. The fraction of sp³-hybridized carbons (Fsp3) is 0.148. The molecule has 1 fully saturated rings. The standard InChI is InChI=1S/C27H23N7O3S/c1-33-17-20(14-30-33)26-16-29-24-9-4-18(12-25(24)31-26)19-11-21(15-28-13-19)32-38(36,37)23-7-5-22(6-8-23)34-10-2-3-27(34)35/h4-9,11-17,32H,2-3,10H2,1H3. The molecule has 1 saturated heterocycles. The number of carbonyl (C=O) groups is 1. The Morgan fingerprint density at radius 3 is 2.47 bits per heavy atom. The van der Waals surface area contributed by atoms with Crippen molar-refractivity contribution in [2.75, 3.05) is 16.2 Å². The van der Waals surface area contributed by atoms with Crippen LogP contribution < -0.4 is 9.62 Å². The summed E-state index contributed by atoms with van der Waals surface area (Å²) < 4.78 is 30.4. The van der Waals surface area contributed by atoms with Gasteiger partial charge in [0.2, 0.25) is 5.91 Å². The normalized spacial score (nSPS) is 13.8. The van der Waals surface area contributed by atoms with Gasteiger partial charge in [0.1, 0.15) is 0 Å². The van der Waals surface area contributed by atoms with Crippen molar-refractivity contribution >= 4 is 38.3 Å². The lowest BCUT2D eigenvalue weighted by atomic mass is 10.1. The van der Waals surface area contributed by atoms with Crippen LogP contribution in [0.4, 0.5) is 11.4 Å². The van der Waals surface area contributed by atoms with Gasteiger partial charge in [-0.25, -0.2) is 13.4 Å². The average molecular weight is 526 g/mol. The third-order valence-electron chi connectivity index (χ3n) is 6.40. The van der Waals surface area contributed by atoms with E-state index >= 15 is 0 Å². The summed E-state index contributed by atoms with van der Waals surface area (Å²) in [5, 5.41) is 4.19. The van der Waals surface area contributed by atoms with Gasteiger partial charge in [0.15, 0.2) is 0 Å². The van der Waals surface area contributed by atoms with Gasteiger partial charge in [-0.15, -0.1) is 0 Å². The van der Waals surface area contributed by atoms with Crippen LogP contribution in [0.5, 0.6) is 0 Å². The summed E-state index contributed by atoms with van der Waals surface area (Å²) >= 11 is 0. The second-order valence-corrected chi connectivity index (χ2v) is 10.8. The molecule has 1 amide bonds. The molecule has 2 aromatic carbocycles. The number of fused-ring (bicyclic) bond motifs is 1. The maximum atomic E-state index is 13.1. The molecule has 0 bridgehead atoms. The molecule has 6 rings (SSSR count). The molecule has 0 unspecified atom stereocenters. The number of nitrogens with zero attached hydrogens (tertiary/aromatic N) is 6. The summed E-state index contributed by atoms with van der Waals surface area (Å²) in [4.78, 5) is 27.2. The Kier molecular flexibility index (Phi) is 5.84. The molecule has 11 heteroatoms. The zero-order valence-corrected chi connectivity index (χ0v) is 21.3. The Bertz CT molecular complexity index is 1780. The van der Waals surface area contributed by atoms with Crippen LogP contribution in [0.1, 0.15) is 12.8 Å². The minimum absolute atomic E-state index is 0.0505. The number of benzene rings is 2. The summed E-state index contributed by atoms with van der Waals surface area (Å²) in [6.45, 7) is 0.646. The molecule has 0 radical (unpaired) electrons. The van der Waals surface area contributed by atoms with E-state index in [1.807, 2.05) is 31.4 Å². The van der Waals surface area contributed by atoms with Crippen LogP contribution in [0.3, 0.4) is 0 Å². The molecule has 4 heterocycles. The van der Waals surface area contributed by atoms with E-state index in [-0.39, 0.29) is 10.8 Å². The Morgan fingerprint density at radius 1 is 0.895 bits per heavy atom. The maximum Gasteiger partial charge on any atom is 0.261 e. The molecule has 0 aliphatic carbocycles. The van der Waals surface area contributed by atoms with Gasteiger partial charge in [-0.3, -0.25) is 24.2 Å². The first-order valence-corrected chi connectivity index (χ1v) is 13.5. The van der Waals surface area contributed by atoms with Gasteiger partial charge in [0, 0.05) is 49.2 Å². The van der Waals surface area contributed by atoms with Gasteiger partial charge < -0.3 is 4.90 Å². The topological polar surface area (TPSA) is 123 Å². The first kappa shape index (κ1) is 23.7. The number of rotatable bonds is 6. The lowest BCUT2D eigenvalue weighted by Crippen LogP contribution is -2.23. The van der Waals surface area contributed by atoms with Crippen LogP contribution in [0.2, 0.25) is 0 Å². The van der Waals surface area contributed by atoms with E-state index in [0.717, 1.165) is 28.6 Å². The lowest BCUT2D eigenvalue weighted by Gasteiger charge is -2.16. The van der Waals surface area contributed by atoms with Crippen molar-refractivity contribution in [3.05, 3.63) is 79.5 Å². The molecule has 1 N–H and O–H groups in total. The van der Waals surface area contributed by atoms with Crippen molar-refractivity contribution in [1.29, 1.82) is 0 Å². The van der Waals surface area contributed by atoms with Crippen molar-refractivity contribution in [2.45, 2.75) is 17.7 Å². The first-order chi connectivity index (χ1) is 18.4. The molecule has 1 aliphatic heterocycles. The van der Waals surface area contributed by atoms with Gasteiger partial charge in [-0.2, -0.15) is 5.10 Å². The zero-order valence-electron chi connectivity index (χ0n) is 20.4. The Labute approximate surface area is 219 Å². The van der Waals surface area contributed by atoms with Gasteiger partial charge in [-0.1, -0.05) is 6.07 Å². The Hall–Kier alpha value is -4.64. The Morgan fingerprint density at radius 2 is 1.74 bits per heavy atom. The predicted octanol–water partition coefficient (Wildman–Crippen LogP) is 4.02. The van der Waals surface area contributed by atoms with Crippen LogP contribution in [0.15, 0.2) is 84.4 Å². The maximum absolute atomic E-state index is 13.1. The quantitative estimate of drug-likeness (QED) is 0.355. The summed E-state index contributed by atoms with van der Waals surface area (Å²) in [5.74, 6) is 0.0505. The number of anilines is 2. The van der Waals surface area contributed by atoms with Crippen LogP contribution in [0.25, 0.3) is 33.4 Å². The molecule has 3 aromatic heterocycles. The number of aryl methyl sites for hydroxylation is 1. The number of carbonyl (C=O) groups excluding carboxylic acids is 1. The van der Waals surface area contributed by atoms with Gasteiger partial charge in [-0.05, 0) is 54.4 Å². The number of sulfonamides is 1. The number of amides is 1. The highest BCUT2D eigenvalue weighted by atomic mass is 32.2. The number of aromatic nitrogens is 5. The van der Waals surface area contributed by atoms with E-state index in [1.165, 1.54) is 18.3 Å². The fourth-order valence-electron chi connectivity index (χ4n) is 4.48. The highest BCUT2D eigenvalue weighted by Crippen LogP contribution is 2.28. The van der Waals surface area contributed by atoms with Gasteiger partial charge >= 0.3 is 0 Å². The molecule has 38 heavy (non-hydrogen) atoms. The van der Waals surface area contributed by atoms with Crippen LogP contribution in [-0.4, -0.2) is 45.6 Å². The van der Waals surface area contributed by atoms with E-state index in [2.05, 4.69) is 19.8 Å². The number of hydrogen-bond acceptors (Lipinski definition) is 7. The molecule has 0 saturated carbocycles. The van der Waals surface area contributed by atoms with Crippen molar-refractivity contribution in [3.8, 4) is 22.4 Å². The Balaban J connectivity index is 1.25. The van der Waals surface area contributed by atoms with E-state index in [1.54, 1.807) is 46.4 Å². The molecular weight excluding hydrogens is 502 g/mol. The molecule has 10 nitrogen and oxygen atoms in total. The smallest absolute Gasteiger partial charge is 0.261 e. The molecule has 0 spiro atoms. The summed E-state index contributed by atoms with van der Waals surface area (Å²) in [5.41, 5.74) is 5.59. The first-order valence-electron chi connectivity index (χ1n) is 12.0. The predicted molar refractivity (Wildman–Crippen MR) is 144 cm³/mol. The van der Waals surface area contributed by atoms with E-state index in [9.17, 15) is 13.2 Å². The highest BCUT2D eigenvalue weighted by molar-refractivity contribution is 7.92. The summed E-state index contributed by atoms with van der Waals surface area (Å²) in [6.07, 6.45) is 9.77. The third kappa shape index (κ3) is 4.59.